The van der Waals surface area contributed by atoms with Crippen LogP contribution in [0, 0.1) is 0 Å². The lowest BCUT2D eigenvalue weighted by atomic mass is 10.2. The van der Waals surface area contributed by atoms with Gasteiger partial charge in [-0.3, -0.25) is 5.01 Å². The van der Waals surface area contributed by atoms with Crippen LogP contribution < -0.4 is 11.1 Å². The molecule has 25 heavy (non-hydrogen) atoms. The number of halogens is 2. The number of hydrazine groups is 2. The number of benzene rings is 2. The van der Waals surface area contributed by atoms with Gasteiger partial charge in [0, 0.05) is 15.7 Å². The van der Waals surface area contributed by atoms with Gasteiger partial charge in [-0.2, -0.15) is 5.10 Å². The summed E-state index contributed by atoms with van der Waals surface area (Å²) in [6, 6.07) is 15.7. The molecule has 0 saturated heterocycles. The monoisotopic (exact) mass is 416 g/mol. The van der Waals surface area contributed by atoms with E-state index < -0.39 is 0 Å². The quantitative estimate of drug-likeness (QED) is 0.682. The van der Waals surface area contributed by atoms with Gasteiger partial charge in [0.05, 0.1) is 24.0 Å². The van der Waals surface area contributed by atoms with E-state index in [2.05, 4.69) is 49.3 Å². The summed E-state index contributed by atoms with van der Waals surface area (Å²) in [5.41, 5.74) is 8.80. The fourth-order valence-electron chi connectivity index (χ4n) is 2.56. The Morgan fingerprint density at radius 1 is 1.12 bits per heavy atom. The molecular formula is C17H14BrClN6. The molecule has 1 aromatic heterocycles. The largest absolute Gasteiger partial charge is 0.266 e. The highest BCUT2D eigenvalue weighted by molar-refractivity contribution is 9.10. The van der Waals surface area contributed by atoms with E-state index in [0.29, 0.717) is 11.6 Å². The highest BCUT2D eigenvalue weighted by Gasteiger charge is 2.20. The van der Waals surface area contributed by atoms with Gasteiger partial charge in [-0.05, 0) is 35.9 Å². The van der Waals surface area contributed by atoms with Crippen LogP contribution in [0.1, 0.15) is 11.1 Å². The van der Waals surface area contributed by atoms with Crippen LogP contribution in [0.3, 0.4) is 0 Å². The van der Waals surface area contributed by atoms with Crippen molar-refractivity contribution in [2.24, 2.45) is 5.10 Å². The van der Waals surface area contributed by atoms with Crippen molar-refractivity contribution in [3.63, 3.8) is 0 Å². The lowest BCUT2D eigenvalue weighted by molar-refractivity contribution is 0.288. The molecular weight excluding hydrogens is 404 g/mol. The molecule has 1 aliphatic rings. The lowest BCUT2D eigenvalue weighted by Gasteiger charge is -2.18. The average molecular weight is 418 g/mol. The smallest absolute Gasteiger partial charge is 0.176 e. The van der Waals surface area contributed by atoms with Crippen molar-refractivity contribution in [2.75, 3.05) is 0 Å². The summed E-state index contributed by atoms with van der Waals surface area (Å²) in [5, 5.41) is 11.3. The van der Waals surface area contributed by atoms with Crippen molar-refractivity contribution in [3.8, 4) is 5.69 Å². The zero-order chi connectivity index (χ0) is 17.2. The van der Waals surface area contributed by atoms with E-state index in [1.165, 1.54) is 0 Å². The number of amidine groups is 1. The van der Waals surface area contributed by atoms with E-state index in [-0.39, 0.29) is 0 Å². The molecule has 0 unspecified atom stereocenters. The van der Waals surface area contributed by atoms with Crippen molar-refractivity contribution in [3.05, 3.63) is 81.5 Å². The Labute approximate surface area is 158 Å². The fourth-order valence-corrected chi connectivity index (χ4v) is 3.01. The first-order valence-corrected chi connectivity index (χ1v) is 8.77. The first-order valence-electron chi connectivity index (χ1n) is 7.60. The van der Waals surface area contributed by atoms with Crippen molar-refractivity contribution >= 4 is 33.4 Å². The second-order valence-electron chi connectivity index (χ2n) is 5.53. The van der Waals surface area contributed by atoms with Crippen LogP contribution in [0.2, 0.25) is 5.02 Å². The minimum absolute atomic E-state index is 0.668. The SMILES string of the molecule is Clc1cccc(-n2cc(C3=NNNN3Cc3ccc(Br)cc3)cn2)c1. The highest BCUT2D eigenvalue weighted by atomic mass is 79.9. The summed E-state index contributed by atoms with van der Waals surface area (Å²) >= 11 is 9.51. The average Bonchev–Trinajstić information content (AvgIpc) is 3.26. The Hall–Kier alpha value is -2.35. The van der Waals surface area contributed by atoms with E-state index in [9.17, 15) is 0 Å². The molecule has 0 atom stereocenters. The number of aromatic nitrogens is 2. The second kappa shape index (κ2) is 6.87. The molecule has 126 valence electrons. The normalized spacial score (nSPS) is 13.7. The summed E-state index contributed by atoms with van der Waals surface area (Å²) < 4.78 is 2.83. The molecule has 0 spiro atoms. The molecule has 3 aromatic rings. The van der Waals surface area contributed by atoms with E-state index in [4.69, 9.17) is 11.6 Å². The molecule has 8 heteroatoms. The maximum atomic E-state index is 6.06. The van der Waals surface area contributed by atoms with Crippen LogP contribution in [0.25, 0.3) is 5.69 Å². The number of hydrazone groups is 1. The van der Waals surface area contributed by atoms with Gasteiger partial charge in [-0.1, -0.05) is 45.7 Å². The molecule has 4 rings (SSSR count). The molecule has 0 radical (unpaired) electrons. The Balaban J connectivity index is 1.55. The molecule has 0 bridgehead atoms. The van der Waals surface area contributed by atoms with Gasteiger partial charge >= 0.3 is 0 Å². The molecule has 0 saturated carbocycles. The summed E-state index contributed by atoms with van der Waals surface area (Å²) in [7, 11) is 0. The van der Waals surface area contributed by atoms with Crippen LogP contribution in [-0.4, -0.2) is 20.6 Å². The maximum Gasteiger partial charge on any atom is 0.176 e. The maximum absolute atomic E-state index is 6.06. The predicted octanol–water partition coefficient (Wildman–Crippen LogP) is 3.47. The van der Waals surface area contributed by atoms with Crippen LogP contribution in [-0.2, 0) is 6.54 Å². The van der Waals surface area contributed by atoms with Crippen LogP contribution in [0.4, 0.5) is 0 Å². The zero-order valence-electron chi connectivity index (χ0n) is 13.0. The molecule has 0 aliphatic carbocycles. The van der Waals surface area contributed by atoms with Crippen molar-refractivity contribution in [1.29, 1.82) is 0 Å². The number of hydrogen-bond donors (Lipinski definition) is 2. The van der Waals surface area contributed by atoms with Crippen molar-refractivity contribution in [1.82, 2.24) is 25.9 Å². The number of nitrogens with one attached hydrogen (secondary N) is 2. The van der Waals surface area contributed by atoms with Crippen LogP contribution >= 0.6 is 27.5 Å². The minimum Gasteiger partial charge on any atom is -0.266 e. The zero-order valence-corrected chi connectivity index (χ0v) is 15.4. The standard InChI is InChI=1S/C17H14BrClN6/c18-14-6-4-12(5-7-14)10-25-17(21-22-23-25)13-9-20-24(11-13)16-3-1-2-15(19)8-16/h1-9,11,22-23H,10H2. The van der Waals surface area contributed by atoms with E-state index in [1.807, 2.05) is 47.6 Å². The molecule has 0 fully saturated rings. The Kier molecular flexibility index (Phi) is 4.44. The lowest BCUT2D eigenvalue weighted by Crippen LogP contribution is -2.40. The Morgan fingerprint density at radius 3 is 2.76 bits per heavy atom. The summed E-state index contributed by atoms with van der Waals surface area (Å²) in [6.07, 6.45) is 3.71. The molecule has 2 N–H and O–H groups in total. The molecule has 0 amide bonds. The molecule has 2 aromatic carbocycles. The molecule has 2 heterocycles. The van der Waals surface area contributed by atoms with E-state index >= 15 is 0 Å². The number of hydrogen-bond acceptors (Lipinski definition) is 5. The topological polar surface area (TPSA) is 57.5 Å². The van der Waals surface area contributed by atoms with Gasteiger partial charge in [0.15, 0.2) is 5.84 Å². The first kappa shape index (κ1) is 16.1. The van der Waals surface area contributed by atoms with Gasteiger partial charge in [0.2, 0.25) is 0 Å². The summed E-state index contributed by atoms with van der Waals surface area (Å²) in [5.74, 6) is 0.774. The van der Waals surface area contributed by atoms with Gasteiger partial charge in [0.25, 0.3) is 0 Å². The van der Waals surface area contributed by atoms with Crippen molar-refractivity contribution in [2.45, 2.75) is 6.54 Å². The minimum atomic E-state index is 0.668. The highest BCUT2D eigenvalue weighted by Crippen LogP contribution is 2.17. The Bertz CT molecular complexity index is 921. The van der Waals surface area contributed by atoms with Gasteiger partial charge in [0.1, 0.15) is 0 Å². The van der Waals surface area contributed by atoms with E-state index in [1.54, 1.807) is 10.9 Å². The van der Waals surface area contributed by atoms with Gasteiger partial charge in [-0.15, -0.1) is 10.6 Å². The van der Waals surface area contributed by atoms with Gasteiger partial charge < -0.3 is 0 Å². The molecule has 6 nitrogen and oxygen atoms in total. The third-order valence-electron chi connectivity index (χ3n) is 3.77. The van der Waals surface area contributed by atoms with E-state index in [0.717, 1.165) is 27.1 Å². The Morgan fingerprint density at radius 2 is 1.96 bits per heavy atom. The first-order chi connectivity index (χ1) is 12.2. The van der Waals surface area contributed by atoms with Crippen molar-refractivity contribution < 1.29 is 0 Å². The summed E-state index contributed by atoms with van der Waals surface area (Å²) in [6.45, 7) is 0.668. The third kappa shape index (κ3) is 3.53. The third-order valence-corrected chi connectivity index (χ3v) is 4.53. The van der Waals surface area contributed by atoms with Gasteiger partial charge in [-0.25, -0.2) is 10.2 Å². The number of nitrogens with zero attached hydrogens (tertiary/aromatic N) is 4. The molecule has 1 aliphatic heterocycles. The second-order valence-corrected chi connectivity index (χ2v) is 6.88. The van der Waals surface area contributed by atoms with Crippen LogP contribution in [0.15, 0.2) is 70.5 Å². The summed E-state index contributed by atoms with van der Waals surface area (Å²) in [4.78, 5) is 0. The predicted molar refractivity (Wildman–Crippen MR) is 101 cm³/mol. The van der Waals surface area contributed by atoms with Crippen LogP contribution in [0.5, 0.6) is 0 Å². The fraction of sp³-hybridized carbons (Fsp3) is 0.0588. The number of rotatable bonds is 4.